The van der Waals surface area contributed by atoms with Gasteiger partial charge < -0.3 is 16.8 Å². The van der Waals surface area contributed by atoms with Crippen molar-refractivity contribution in [2.75, 3.05) is 17.7 Å². The molecule has 8 heteroatoms. The number of halogens is 1. The molecule has 19 heavy (non-hydrogen) atoms. The van der Waals surface area contributed by atoms with Crippen molar-refractivity contribution >= 4 is 40.9 Å². The molecule has 0 aromatic carbocycles. The Balaban J connectivity index is 2.99. The molecule has 1 atom stereocenters. The number of carbonyl (C=O) groups is 1. The Labute approximate surface area is 121 Å². The van der Waals surface area contributed by atoms with Crippen molar-refractivity contribution in [2.24, 2.45) is 5.41 Å². The second-order valence-electron chi connectivity index (χ2n) is 5.09. The van der Waals surface area contributed by atoms with Crippen molar-refractivity contribution in [1.82, 2.24) is 15.3 Å². The smallest absolute Gasteiger partial charge is 0.274 e. The molecule has 1 heterocycles. The van der Waals surface area contributed by atoms with E-state index < -0.39 is 5.91 Å². The summed E-state index contributed by atoms with van der Waals surface area (Å²) in [6, 6.07) is 0. The van der Waals surface area contributed by atoms with Gasteiger partial charge in [0.05, 0.1) is 5.37 Å². The second-order valence-corrected chi connectivity index (χ2v) is 6.39. The lowest BCUT2D eigenvalue weighted by atomic mass is 9.96. The fourth-order valence-corrected chi connectivity index (χ4v) is 2.48. The summed E-state index contributed by atoms with van der Waals surface area (Å²) in [4.78, 5) is 19.8. The number of hydrogen-bond acceptors (Lipinski definition) is 6. The molecule has 106 valence electrons. The SMILES string of the molecule is CSC(NC(=O)c1nc(Cl)c(N)nc1N)C(C)(C)C. The molecule has 0 saturated carbocycles. The van der Waals surface area contributed by atoms with Gasteiger partial charge in [-0.25, -0.2) is 9.97 Å². The first kappa shape index (κ1) is 15.8. The number of hydrogen-bond donors (Lipinski definition) is 3. The van der Waals surface area contributed by atoms with Crippen LogP contribution in [0.3, 0.4) is 0 Å². The Morgan fingerprint density at radius 1 is 1.32 bits per heavy atom. The molecule has 0 fully saturated rings. The van der Waals surface area contributed by atoms with Gasteiger partial charge in [-0.05, 0) is 11.7 Å². The number of thioether (sulfide) groups is 1. The summed E-state index contributed by atoms with van der Waals surface area (Å²) in [6.45, 7) is 6.08. The second kappa shape index (κ2) is 5.83. The third kappa shape index (κ3) is 3.87. The summed E-state index contributed by atoms with van der Waals surface area (Å²) in [5, 5.41) is 2.74. The van der Waals surface area contributed by atoms with Crippen molar-refractivity contribution in [3.8, 4) is 0 Å². The number of amides is 1. The number of nitrogens with zero attached hydrogens (tertiary/aromatic N) is 2. The molecule has 0 aliphatic heterocycles. The van der Waals surface area contributed by atoms with Crippen LogP contribution >= 0.6 is 23.4 Å². The van der Waals surface area contributed by atoms with Crippen molar-refractivity contribution in [3.63, 3.8) is 0 Å². The summed E-state index contributed by atoms with van der Waals surface area (Å²) in [5.41, 5.74) is 11.0. The predicted octanol–water partition coefficient (Wildman–Crippen LogP) is 1.76. The zero-order valence-electron chi connectivity index (χ0n) is 11.3. The van der Waals surface area contributed by atoms with E-state index in [1.54, 1.807) is 0 Å². The third-order valence-corrected chi connectivity index (χ3v) is 3.98. The fourth-order valence-electron chi connectivity index (χ4n) is 1.43. The standard InChI is InChI=1S/C11H18ClN5OS/c1-11(2,3)10(19-4)17-9(18)5-7(13)16-8(14)6(12)15-5/h10H,1-4H3,(H,17,18)(H4,13,14,16). The lowest BCUT2D eigenvalue weighted by Gasteiger charge is -2.29. The zero-order chi connectivity index (χ0) is 14.8. The number of rotatable bonds is 3. The van der Waals surface area contributed by atoms with E-state index in [2.05, 4.69) is 15.3 Å². The molecule has 0 bridgehead atoms. The highest BCUT2D eigenvalue weighted by Gasteiger charge is 2.27. The Bertz CT molecular complexity index is 489. The van der Waals surface area contributed by atoms with E-state index in [1.165, 1.54) is 11.8 Å². The number of nitrogens with two attached hydrogens (primary N) is 2. The molecule has 0 radical (unpaired) electrons. The van der Waals surface area contributed by atoms with Crippen LogP contribution in [0.5, 0.6) is 0 Å². The van der Waals surface area contributed by atoms with Gasteiger partial charge in [0.2, 0.25) is 0 Å². The maximum absolute atomic E-state index is 12.1. The minimum Gasteiger partial charge on any atom is -0.382 e. The summed E-state index contributed by atoms with van der Waals surface area (Å²) in [7, 11) is 0. The summed E-state index contributed by atoms with van der Waals surface area (Å²) >= 11 is 7.29. The topological polar surface area (TPSA) is 107 Å². The molecule has 0 spiro atoms. The van der Waals surface area contributed by atoms with E-state index in [9.17, 15) is 4.79 Å². The Kier molecular flexibility index (Phi) is 4.86. The highest BCUT2D eigenvalue weighted by atomic mass is 35.5. The molecular formula is C11H18ClN5OS. The van der Waals surface area contributed by atoms with E-state index >= 15 is 0 Å². The van der Waals surface area contributed by atoms with Crippen LogP contribution in [0.2, 0.25) is 5.15 Å². The molecule has 1 aromatic rings. The molecule has 1 amide bonds. The maximum atomic E-state index is 12.1. The van der Waals surface area contributed by atoms with Crippen LogP contribution in [0.1, 0.15) is 31.3 Å². The molecule has 1 aromatic heterocycles. The van der Waals surface area contributed by atoms with Gasteiger partial charge in [-0.3, -0.25) is 4.79 Å². The lowest BCUT2D eigenvalue weighted by molar-refractivity contribution is 0.0927. The van der Waals surface area contributed by atoms with E-state index in [4.69, 9.17) is 23.1 Å². The van der Waals surface area contributed by atoms with Gasteiger partial charge >= 0.3 is 0 Å². The average molecular weight is 304 g/mol. The van der Waals surface area contributed by atoms with Crippen LogP contribution in [-0.2, 0) is 0 Å². The molecule has 0 saturated heterocycles. The van der Waals surface area contributed by atoms with Gasteiger partial charge in [-0.1, -0.05) is 32.4 Å². The van der Waals surface area contributed by atoms with Gasteiger partial charge in [0.1, 0.15) is 0 Å². The Morgan fingerprint density at radius 2 is 1.89 bits per heavy atom. The number of aromatic nitrogens is 2. The first-order valence-corrected chi connectivity index (χ1v) is 7.25. The van der Waals surface area contributed by atoms with Crippen LogP contribution < -0.4 is 16.8 Å². The summed E-state index contributed by atoms with van der Waals surface area (Å²) in [6.07, 6.45) is 1.92. The van der Waals surface area contributed by atoms with Gasteiger partial charge in [0.15, 0.2) is 22.5 Å². The number of anilines is 2. The third-order valence-electron chi connectivity index (χ3n) is 2.40. The number of nitrogen functional groups attached to an aromatic ring is 2. The maximum Gasteiger partial charge on any atom is 0.274 e. The van der Waals surface area contributed by atoms with Crippen molar-refractivity contribution in [1.29, 1.82) is 0 Å². The van der Waals surface area contributed by atoms with Gasteiger partial charge in [0, 0.05) is 0 Å². The average Bonchev–Trinajstić information content (AvgIpc) is 2.28. The minimum absolute atomic E-state index is 0.00737. The molecular weight excluding hydrogens is 286 g/mol. The molecule has 1 rings (SSSR count). The molecule has 6 nitrogen and oxygen atoms in total. The van der Waals surface area contributed by atoms with E-state index in [0.29, 0.717) is 0 Å². The van der Waals surface area contributed by atoms with Crippen molar-refractivity contribution in [3.05, 3.63) is 10.8 Å². The van der Waals surface area contributed by atoms with E-state index in [1.807, 2.05) is 27.0 Å². The normalized spacial score (nSPS) is 13.1. The van der Waals surface area contributed by atoms with Gasteiger partial charge in [0.25, 0.3) is 5.91 Å². The molecule has 0 aliphatic carbocycles. The van der Waals surface area contributed by atoms with Crippen molar-refractivity contribution in [2.45, 2.75) is 26.1 Å². The Hall–Kier alpha value is -1.21. The number of carbonyl (C=O) groups excluding carboxylic acids is 1. The highest BCUT2D eigenvalue weighted by Crippen LogP contribution is 2.27. The Morgan fingerprint density at radius 3 is 2.37 bits per heavy atom. The predicted molar refractivity (Wildman–Crippen MR) is 80.1 cm³/mol. The van der Waals surface area contributed by atoms with E-state index in [0.717, 1.165) is 0 Å². The minimum atomic E-state index is -0.416. The lowest BCUT2D eigenvalue weighted by Crippen LogP contribution is -2.41. The fraction of sp³-hybridized carbons (Fsp3) is 0.545. The first-order chi connectivity index (χ1) is 8.66. The van der Waals surface area contributed by atoms with Crippen molar-refractivity contribution < 1.29 is 4.79 Å². The number of nitrogens with one attached hydrogen (secondary N) is 1. The van der Waals surface area contributed by atoms with E-state index in [-0.39, 0.29) is 33.3 Å². The van der Waals surface area contributed by atoms with Crippen LogP contribution in [0, 0.1) is 5.41 Å². The summed E-state index contributed by atoms with van der Waals surface area (Å²) < 4.78 is 0. The van der Waals surface area contributed by atoms with Crippen LogP contribution in [0.4, 0.5) is 11.6 Å². The van der Waals surface area contributed by atoms with Gasteiger partial charge in [-0.2, -0.15) is 0 Å². The first-order valence-electron chi connectivity index (χ1n) is 5.59. The largest absolute Gasteiger partial charge is 0.382 e. The molecule has 0 aliphatic rings. The van der Waals surface area contributed by atoms with Gasteiger partial charge in [-0.15, -0.1) is 11.8 Å². The van der Waals surface area contributed by atoms with Crippen LogP contribution in [0.25, 0.3) is 0 Å². The molecule has 1 unspecified atom stereocenters. The summed E-state index contributed by atoms with van der Waals surface area (Å²) in [5.74, 6) is -0.442. The highest BCUT2D eigenvalue weighted by molar-refractivity contribution is 7.99. The monoisotopic (exact) mass is 303 g/mol. The van der Waals surface area contributed by atoms with Crippen LogP contribution in [0.15, 0.2) is 0 Å². The quantitative estimate of drug-likeness (QED) is 0.735. The van der Waals surface area contributed by atoms with Crippen LogP contribution in [-0.4, -0.2) is 27.5 Å². The zero-order valence-corrected chi connectivity index (χ0v) is 12.9. The molecule has 5 N–H and O–H groups in total.